The van der Waals surface area contributed by atoms with Crippen LogP contribution in [0.25, 0.3) is 10.8 Å². The molecule has 0 heterocycles. The van der Waals surface area contributed by atoms with Crippen LogP contribution in [0.1, 0.15) is 45.7 Å². The first-order valence-corrected chi connectivity index (χ1v) is 13.5. The predicted octanol–water partition coefficient (Wildman–Crippen LogP) is 7.72. The van der Waals surface area contributed by atoms with Crippen LogP contribution in [-0.2, 0) is 6.42 Å². The highest BCUT2D eigenvalue weighted by atomic mass is 16.5. The average Bonchev–Trinajstić information content (AvgIpc) is 3.01. The van der Waals surface area contributed by atoms with E-state index in [1.807, 2.05) is 42.5 Å². The normalized spacial score (nSPS) is 10.8. The van der Waals surface area contributed by atoms with Crippen LogP contribution in [0.15, 0.2) is 115 Å². The van der Waals surface area contributed by atoms with Crippen LogP contribution < -0.4 is 14.4 Å². The number of hydrogen-bond acceptors (Lipinski definition) is 5. The zero-order valence-corrected chi connectivity index (χ0v) is 22.7. The molecule has 0 radical (unpaired) electrons. The number of hydrogen-bond donors (Lipinski definition) is 0. The van der Waals surface area contributed by atoms with Gasteiger partial charge in [0.1, 0.15) is 11.5 Å². The number of rotatable bonds is 9. The Morgan fingerprint density at radius 2 is 1.15 bits per heavy atom. The summed E-state index contributed by atoms with van der Waals surface area (Å²) in [5.74, 6) is -0.0252. The second-order valence-electron chi connectivity index (χ2n) is 9.44. The van der Waals surface area contributed by atoms with Crippen molar-refractivity contribution in [3.63, 3.8) is 0 Å². The van der Waals surface area contributed by atoms with Crippen molar-refractivity contribution in [3.8, 4) is 11.5 Å². The van der Waals surface area contributed by atoms with Gasteiger partial charge in [-0.15, -0.1) is 0 Å². The lowest BCUT2D eigenvalue weighted by Crippen LogP contribution is -2.21. The van der Waals surface area contributed by atoms with Gasteiger partial charge in [0.05, 0.1) is 11.1 Å². The van der Waals surface area contributed by atoms with Gasteiger partial charge in [-0.25, -0.2) is 9.59 Å². The Labute approximate surface area is 234 Å². The summed E-state index contributed by atoms with van der Waals surface area (Å²) in [4.78, 5) is 28.5. The van der Waals surface area contributed by atoms with E-state index in [4.69, 9.17) is 9.47 Å². The van der Waals surface area contributed by atoms with Crippen molar-refractivity contribution in [2.45, 2.75) is 20.3 Å². The molecular formula is C35H31NO4. The molecule has 5 rings (SSSR count). The molecule has 0 aromatic heterocycles. The zero-order chi connectivity index (χ0) is 27.9. The lowest BCUT2D eigenvalue weighted by atomic mass is 9.98. The molecular weight excluding hydrogens is 498 g/mol. The van der Waals surface area contributed by atoms with Gasteiger partial charge in [0.2, 0.25) is 0 Å². The quantitative estimate of drug-likeness (QED) is 0.145. The third-order valence-corrected chi connectivity index (χ3v) is 6.91. The molecule has 5 aromatic rings. The lowest BCUT2D eigenvalue weighted by Gasteiger charge is -2.21. The summed E-state index contributed by atoms with van der Waals surface area (Å²) >= 11 is 0. The van der Waals surface area contributed by atoms with E-state index in [9.17, 15) is 9.59 Å². The fraction of sp³-hybridized carbons (Fsp3) is 0.143. The van der Waals surface area contributed by atoms with Crippen LogP contribution in [-0.4, -0.2) is 25.0 Å². The number of nitrogens with zero attached hydrogens (tertiary/aromatic N) is 1. The summed E-state index contributed by atoms with van der Waals surface area (Å²) < 4.78 is 12.0. The van der Waals surface area contributed by atoms with Crippen molar-refractivity contribution in [2.75, 3.05) is 18.0 Å². The first-order chi connectivity index (χ1) is 19.6. The second-order valence-corrected chi connectivity index (χ2v) is 9.44. The topological polar surface area (TPSA) is 55.8 Å². The molecule has 0 N–H and O–H groups in total. The summed E-state index contributed by atoms with van der Waals surface area (Å²) in [6, 6.07) is 35.5. The molecule has 0 saturated heterocycles. The van der Waals surface area contributed by atoms with Gasteiger partial charge in [-0.05, 0) is 61.9 Å². The van der Waals surface area contributed by atoms with Crippen molar-refractivity contribution in [1.29, 1.82) is 0 Å². The summed E-state index contributed by atoms with van der Waals surface area (Å²) in [6.45, 7) is 6.13. The Balaban J connectivity index is 1.58. The van der Waals surface area contributed by atoms with E-state index in [2.05, 4.69) is 43.0 Å². The maximum absolute atomic E-state index is 13.2. The monoisotopic (exact) mass is 529 g/mol. The van der Waals surface area contributed by atoms with E-state index in [1.54, 1.807) is 48.5 Å². The van der Waals surface area contributed by atoms with Crippen molar-refractivity contribution in [3.05, 3.63) is 138 Å². The molecule has 200 valence electrons. The standard InChI is InChI=1S/C35H31NO4/c1-3-36(4-2)29-21-19-25(20-22-29)23-28-24-32(39-34(37)26-13-7-5-8-14-26)30-17-11-12-18-31(30)33(28)40-35(38)27-15-9-6-10-16-27/h5-22,24H,3-4,23H2,1-2H3. The molecule has 0 fully saturated rings. The zero-order valence-electron chi connectivity index (χ0n) is 22.7. The van der Waals surface area contributed by atoms with Gasteiger partial charge in [-0.2, -0.15) is 0 Å². The maximum atomic E-state index is 13.2. The van der Waals surface area contributed by atoms with Crippen molar-refractivity contribution in [2.24, 2.45) is 0 Å². The number of ether oxygens (including phenoxy) is 2. The highest BCUT2D eigenvalue weighted by Gasteiger charge is 2.20. The second kappa shape index (κ2) is 12.3. The first kappa shape index (κ1) is 26.7. The predicted molar refractivity (Wildman–Crippen MR) is 160 cm³/mol. The Morgan fingerprint density at radius 3 is 1.73 bits per heavy atom. The Morgan fingerprint density at radius 1 is 0.625 bits per heavy atom. The number of benzene rings is 5. The van der Waals surface area contributed by atoms with E-state index >= 15 is 0 Å². The summed E-state index contributed by atoms with van der Waals surface area (Å²) in [7, 11) is 0. The summed E-state index contributed by atoms with van der Waals surface area (Å²) in [5, 5.41) is 1.38. The van der Waals surface area contributed by atoms with E-state index in [0.29, 0.717) is 39.8 Å². The number of carbonyl (C=O) groups is 2. The minimum Gasteiger partial charge on any atom is -0.422 e. The Kier molecular flexibility index (Phi) is 8.21. The number of fused-ring (bicyclic) bond motifs is 1. The van der Waals surface area contributed by atoms with Gasteiger partial charge >= 0.3 is 11.9 Å². The third kappa shape index (κ3) is 5.89. The molecule has 0 saturated carbocycles. The van der Waals surface area contributed by atoms with Crippen LogP contribution in [0, 0.1) is 0 Å². The molecule has 0 atom stereocenters. The molecule has 0 spiro atoms. The van der Waals surface area contributed by atoms with E-state index in [1.165, 1.54) is 0 Å². The summed E-state index contributed by atoms with van der Waals surface area (Å²) in [5.41, 5.74) is 3.86. The minimum absolute atomic E-state index is 0.415. The molecule has 0 aliphatic carbocycles. The van der Waals surface area contributed by atoms with Crippen molar-refractivity contribution < 1.29 is 19.1 Å². The average molecular weight is 530 g/mol. The number of anilines is 1. The van der Waals surface area contributed by atoms with Crippen LogP contribution in [0.2, 0.25) is 0 Å². The van der Waals surface area contributed by atoms with Gasteiger partial charge in [-0.3, -0.25) is 0 Å². The Bertz CT molecular complexity index is 1610. The molecule has 0 unspecified atom stereocenters. The third-order valence-electron chi connectivity index (χ3n) is 6.91. The number of esters is 2. The van der Waals surface area contributed by atoms with Gasteiger partial charge < -0.3 is 14.4 Å². The summed E-state index contributed by atoms with van der Waals surface area (Å²) in [6.07, 6.45) is 0.483. The molecule has 0 amide bonds. The molecule has 5 aromatic carbocycles. The fourth-order valence-electron chi connectivity index (χ4n) is 4.80. The highest BCUT2D eigenvalue weighted by molar-refractivity contribution is 6.01. The highest BCUT2D eigenvalue weighted by Crippen LogP contribution is 2.39. The van der Waals surface area contributed by atoms with Gasteiger partial charge in [0.25, 0.3) is 0 Å². The fourth-order valence-corrected chi connectivity index (χ4v) is 4.80. The molecule has 0 aliphatic rings. The van der Waals surface area contributed by atoms with Gasteiger partial charge in [0.15, 0.2) is 0 Å². The largest absolute Gasteiger partial charge is 0.422 e. The molecule has 5 nitrogen and oxygen atoms in total. The molecule has 0 aliphatic heterocycles. The number of carbonyl (C=O) groups excluding carboxylic acids is 2. The van der Waals surface area contributed by atoms with Crippen LogP contribution >= 0.6 is 0 Å². The Hall–Kier alpha value is -4.90. The van der Waals surface area contributed by atoms with E-state index in [-0.39, 0.29) is 0 Å². The minimum atomic E-state index is -0.450. The SMILES string of the molecule is CCN(CC)c1ccc(Cc2cc(OC(=O)c3ccccc3)c3ccccc3c2OC(=O)c2ccccc2)cc1. The van der Waals surface area contributed by atoms with Crippen molar-refractivity contribution >= 4 is 28.4 Å². The van der Waals surface area contributed by atoms with Crippen molar-refractivity contribution in [1.82, 2.24) is 0 Å². The van der Waals surface area contributed by atoms with Crippen LogP contribution in [0.3, 0.4) is 0 Å². The van der Waals surface area contributed by atoms with Crippen LogP contribution in [0.5, 0.6) is 11.5 Å². The smallest absolute Gasteiger partial charge is 0.343 e. The van der Waals surface area contributed by atoms with E-state index < -0.39 is 11.9 Å². The molecule has 0 bridgehead atoms. The first-order valence-electron chi connectivity index (χ1n) is 13.5. The van der Waals surface area contributed by atoms with E-state index in [0.717, 1.165) is 29.9 Å². The van der Waals surface area contributed by atoms with Crippen LogP contribution in [0.4, 0.5) is 5.69 Å². The lowest BCUT2D eigenvalue weighted by molar-refractivity contribution is 0.0722. The maximum Gasteiger partial charge on any atom is 0.343 e. The molecule has 5 heteroatoms. The van der Waals surface area contributed by atoms with Gasteiger partial charge in [-0.1, -0.05) is 72.8 Å². The van der Waals surface area contributed by atoms with Gasteiger partial charge in [0, 0.05) is 41.5 Å². The molecule has 40 heavy (non-hydrogen) atoms.